The highest BCUT2D eigenvalue weighted by molar-refractivity contribution is 5.83. The Morgan fingerprint density at radius 3 is 2.63 bits per heavy atom. The summed E-state index contributed by atoms with van der Waals surface area (Å²) < 4.78 is 20.1. The maximum atomic E-state index is 14.3. The van der Waals surface area contributed by atoms with Crippen LogP contribution in [0.5, 0.6) is 5.75 Å². The minimum Gasteiger partial charge on any atom is -0.493 e. The molecule has 1 aliphatic heterocycles. The zero-order valence-corrected chi connectivity index (χ0v) is 20.8. The van der Waals surface area contributed by atoms with Crippen LogP contribution < -0.4 is 10.1 Å². The molecule has 2 amide bonds. The number of hydrogen-bond acceptors (Lipinski definition) is 4. The van der Waals surface area contributed by atoms with Crippen molar-refractivity contribution in [2.75, 3.05) is 26.7 Å². The van der Waals surface area contributed by atoms with E-state index in [1.165, 1.54) is 6.07 Å². The second-order valence-corrected chi connectivity index (χ2v) is 9.78. The lowest BCUT2D eigenvalue weighted by Crippen LogP contribution is -2.49. The molecule has 3 aromatic rings. The Hall–Kier alpha value is -3.19. The molecule has 7 heteroatoms. The van der Waals surface area contributed by atoms with Gasteiger partial charge in [0, 0.05) is 30.7 Å². The number of likely N-dealkylation sites (tertiary alicyclic amines) is 1. The highest BCUT2D eigenvalue weighted by Crippen LogP contribution is 2.24. The maximum absolute atomic E-state index is 14.3. The Morgan fingerprint density at radius 2 is 1.91 bits per heavy atom. The summed E-state index contributed by atoms with van der Waals surface area (Å²) in [5.41, 5.74) is 2.46. The quantitative estimate of drug-likeness (QED) is 0.483. The Labute approximate surface area is 207 Å². The molecule has 0 bridgehead atoms. The molecule has 186 valence electrons. The largest absolute Gasteiger partial charge is 0.493 e. The monoisotopic (exact) mass is 478 g/mol. The van der Waals surface area contributed by atoms with E-state index >= 15 is 0 Å². The fourth-order valence-electron chi connectivity index (χ4n) is 4.43. The van der Waals surface area contributed by atoms with Gasteiger partial charge in [-0.1, -0.05) is 32.0 Å². The van der Waals surface area contributed by atoms with Crippen LogP contribution in [-0.4, -0.2) is 53.6 Å². The van der Waals surface area contributed by atoms with Gasteiger partial charge < -0.3 is 19.9 Å². The molecule has 1 N–H and O–H groups in total. The zero-order chi connectivity index (χ0) is 24.8. The molecule has 0 unspecified atom stereocenters. The Kier molecular flexibility index (Phi) is 8.18. The molecule has 1 aliphatic rings. The van der Waals surface area contributed by atoms with E-state index in [2.05, 4.69) is 36.1 Å². The molecule has 1 aromatic heterocycles. The molecule has 2 aromatic carbocycles. The van der Waals surface area contributed by atoms with Crippen LogP contribution >= 0.6 is 0 Å². The lowest BCUT2D eigenvalue weighted by atomic mass is 10.0. The van der Waals surface area contributed by atoms with Crippen LogP contribution in [-0.2, 0) is 13.1 Å². The van der Waals surface area contributed by atoms with Gasteiger partial charge in [0.05, 0.1) is 12.1 Å². The maximum Gasteiger partial charge on any atom is 0.318 e. The van der Waals surface area contributed by atoms with Crippen LogP contribution in [0.4, 0.5) is 9.18 Å². The van der Waals surface area contributed by atoms with Gasteiger partial charge in [-0.15, -0.1) is 0 Å². The van der Waals surface area contributed by atoms with Gasteiger partial charge in [0.2, 0.25) is 0 Å². The predicted octanol–water partition coefficient (Wildman–Crippen LogP) is 5.21. The van der Waals surface area contributed by atoms with E-state index < -0.39 is 0 Å². The van der Waals surface area contributed by atoms with Crippen molar-refractivity contribution in [3.05, 3.63) is 71.7 Å². The predicted molar refractivity (Wildman–Crippen MR) is 137 cm³/mol. The number of ether oxygens (including phenoxy) is 1. The number of carbonyl (C=O) groups is 1. The van der Waals surface area contributed by atoms with Crippen molar-refractivity contribution in [1.29, 1.82) is 0 Å². The second-order valence-electron chi connectivity index (χ2n) is 9.78. The van der Waals surface area contributed by atoms with Gasteiger partial charge in [0.1, 0.15) is 11.6 Å². The molecular formula is C28H35FN4O2. The van der Waals surface area contributed by atoms with Crippen molar-refractivity contribution in [2.45, 2.75) is 45.8 Å². The average Bonchev–Trinajstić information content (AvgIpc) is 2.87. The van der Waals surface area contributed by atoms with E-state index in [9.17, 15) is 9.18 Å². The van der Waals surface area contributed by atoms with E-state index in [0.717, 1.165) is 42.8 Å². The first-order valence-corrected chi connectivity index (χ1v) is 12.4. The fraction of sp³-hybridized carbons (Fsp3) is 0.429. The highest BCUT2D eigenvalue weighted by atomic mass is 19.1. The number of hydrogen-bond donors (Lipinski definition) is 1. The van der Waals surface area contributed by atoms with Crippen molar-refractivity contribution in [3.63, 3.8) is 0 Å². The highest BCUT2D eigenvalue weighted by Gasteiger charge is 2.28. The number of carbonyl (C=O) groups excluding carboxylic acids is 1. The van der Waals surface area contributed by atoms with Crippen molar-refractivity contribution in [1.82, 2.24) is 20.1 Å². The lowest BCUT2D eigenvalue weighted by molar-refractivity contribution is 0.127. The fourth-order valence-corrected chi connectivity index (χ4v) is 4.43. The molecule has 0 radical (unpaired) electrons. The van der Waals surface area contributed by atoms with Gasteiger partial charge in [-0.05, 0) is 80.4 Å². The summed E-state index contributed by atoms with van der Waals surface area (Å²) in [4.78, 5) is 22.0. The smallest absolute Gasteiger partial charge is 0.318 e. The summed E-state index contributed by atoms with van der Waals surface area (Å²) in [6, 6.07) is 14.5. The van der Waals surface area contributed by atoms with E-state index in [0.29, 0.717) is 36.5 Å². The third-order valence-electron chi connectivity index (χ3n) is 6.48. The number of amides is 2. The third-order valence-corrected chi connectivity index (χ3v) is 6.48. The second kappa shape index (κ2) is 11.5. The van der Waals surface area contributed by atoms with Crippen LogP contribution in [0.15, 0.2) is 54.7 Å². The van der Waals surface area contributed by atoms with E-state index in [4.69, 9.17) is 4.74 Å². The molecule has 0 saturated carbocycles. The molecule has 6 nitrogen and oxygen atoms in total. The molecule has 0 atom stereocenters. The molecule has 2 heterocycles. The van der Waals surface area contributed by atoms with Crippen LogP contribution in [0.1, 0.15) is 37.8 Å². The van der Waals surface area contributed by atoms with Crippen molar-refractivity contribution >= 4 is 16.9 Å². The SMILES string of the molecule is CC(C)COc1ccc(CNC(=O)N(Cc2ccc(F)c3cccnc23)C2CCN(C)CC2)cc1. The van der Waals surface area contributed by atoms with Crippen LogP contribution in [0.25, 0.3) is 10.9 Å². The number of pyridine rings is 1. The number of aromatic nitrogens is 1. The zero-order valence-electron chi connectivity index (χ0n) is 20.8. The first kappa shape index (κ1) is 24.9. The van der Waals surface area contributed by atoms with Crippen LogP contribution in [0, 0.1) is 11.7 Å². The molecule has 0 spiro atoms. The molecule has 1 saturated heterocycles. The Morgan fingerprint density at radius 1 is 1.17 bits per heavy atom. The van der Waals surface area contributed by atoms with E-state index in [1.54, 1.807) is 24.4 Å². The normalized spacial score (nSPS) is 14.9. The van der Waals surface area contributed by atoms with Crippen LogP contribution in [0.3, 0.4) is 0 Å². The first-order valence-electron chi connectivity index (χ1n) is 12.4. The summed E-state index contributed by atoms with van der Waals surface area (Å²) >= 11 is 0. The number of piperidine rings is 1. The number of halogens is 1. The van der Waals surface area contributed by atoms with Gasteiger partial charge in [0.25, 0.3) is 0 Å². The summed E-state index contributed by atoms with van der Waals surface area (Å²) in [5.74, 6) is 0.998. The molecule has 1 fully saturated rings. The first-order chi connectivity index (χ1) is 16.9. The Balaban J connectivity index is 1.48. The third kappa shape index (κ3) is 6.48. The van der Waals surface area contributed by atoms with Gasteiger partial charge in [-0.2, -0.15) is 0 Å². The summed E-state index contributed by atoms with van der Waals surface area (Å²) in [7, 11) is 2.10. The molecule has 4 rings (SSSR count). The number of fused-ring (bicyclic) bond motifs is 1. The molecule has 35 heavy (non-hydrogen) atoms. The summed E-state index contributed by atoms with van der Waals surface area (Å²) in [6.07, 6.45) is 3.47. The Bertz CT molecular complexity index is 1130. The van der Waals surface area contributed by atoms with Crippen molar-refractivity contribution in [3.8, 4) is 5.75 Å². The van der Waals surface area contributed by atoms with Gasteiger partial charge in [-0.25, -0.2) is 9.18 Å². The van der Waals surface area contributed by atoms with Crippen molar-refractivity contribution in [2.24, 2.45) is 5.92 Å². The van der Waals surface area contributed by atoms with Crippen LogP contribution in [0.2, 0.25) is 0 Å². The number of nitrogens with one attached hydrogen (secondary N) is 1. The topological polar surface area (TPSA) is 57.7 Å². The van der Waals surface area contributed by atoms with Gasteiger partial charge in [0.15, 0.2) is 0 Å². The summed E-state index contributed by atoms with van der Waals surface area (Å²) in [6.45, 7) is 7.60. The lowest BCUT2D eigenvalue weighted by Gasteiger charge is -2.37. The summed E-state index contributed by atoms with van der Waals surface area (Å²) in [5, 5.41) is 3.58. The molecular weight excluding hydrogens is 443 g/mol. The minimum atomic E-state index is -0.298. The molecule has 0 aliphatic carbocycles. The van der Waals surface area contributed by atoms with Gasteiger partial charge >= 0.3 is 6.03 Å². The minimum absolute atomic E-state index is 0.113. The van der Waals surface area contributed by atoms with Crippen molar-refractivity contribution < 1.29 is 13.9 Å². The average molecular weight is 479 g/mol. The van der Waals surface area contributed by atoms with Gasteiger partial charge in [-0.3, -0.25) is 4.98 Å². The standard InChI is InChI=1S/C28H35FN4O2/c1-20(2)19-35-24-9-6-21(7-10-24)17-31-28(34)33(23-12-15-32(3)16-13-23)18-22-8-11-26(29)25-5-4-14-30-27(22)25/h4-11,14,20,23H,12-13,15-19H2,1-3H3,(H,31,34). The number of benzene rings is 2. The number of urea groups is 1. The van der Waals surface area contributed by atoms with E-state index in [-0.39, 0.29) is 17.9 Å². The number of rotatable bonds is 8. The van der Waals surface area contributed by atoms with E-state index in [1.807, 2.05) is 29.2 Å². The number of nitrogens with zero attached hydrogens (tertiary/aromatic N) is 3.